The maximum Gasteiger partial charge on any atom is 0.165 e. The molecule has 6 nitrogen and oxygen atoms in total. The molecule has 0 spiro atoms. The number of rotatable bonds is 7. The van der Waals surface area contributed by atoms with E-state index in [4.69, 9.17) is 10.5 Å². The van der Waals surface area contributed by atoms with E-state index in [9.17, 15) is 0 Å². The molecular formula is C16H19N5O. The topological polar surface area (TPSA) is 78.9 Å². The van der Waals surface area contributed by atoms with Gasteiger partial charge in [-0.15, -0.1) is 0 Å². The van der Waals surface area contributed by atoms with E-state index >= 15 is 0 Å². The lowest BCUT2D eigenvalue weighted by molar-refractivity contribution is 0.304. The molecule has 0 atom stereocenters. The smallest absolute Gasteiger partial charge is 0.165 e. The molecule has 0 aliphatic rings. The minimum absolute atomic E-state index is 0.431. The molecule has 2 aromatic heterocycles. The fraction of sp³-hybridized carbons (Fsp3) is 0.312. The highest BCUT2D eigenvalue weighted by Gasteiger charge is 2.06. The van der Waals surface area contributed by atoms with E-state index in [-0.39, 0.29) is 0 Å². The van der Waals surface area contributed by atoms with Crippen LogP contribution >= 0.6 is 0 Å². The minimum atomic E-state index is 0.431. The number of ether oxygens (including phenoxy) is 1. The molecule has 3 aromatic rings. The van der Waals surface area contributed by atoms with E-state index in [1.54, 1.807) is 6.33 Å². The molecule has 0 bridgehead atoms. The summed E-state index contributed by atoms with van der Waals surface area (Å²) in [6.45, 7) is 1.61. The maximum atomic E-state index is 5.78. The third-order valence-electron chi connectivity index (χ3n) is 3.48. The Hall–Kier alpha value is -2.63. The van der Waals surface area contributed by atoms with Crippen molar-refractivity contribution in [1.29, 1.82) is 0 Å². The zero-order chi connectivity index (χ0) is 15.2. The average Bonchev–Trinajstić information content (AvgIpc) is 2.96. The molecule has 2 heterocycles. The molecule has 0 aliphatic heterocycles. The van der Waals surface area contributed by atoms with Crippen LogP contribution in [0.3, 0.4) is 0 Å². The Labute approximate surface area is 129 Å². The van der Waals surface area contributed by atoms with Crippen LogP contribution in [0.5, 0.6) is 5.75 Å². The fourth-order valence-electron chi connectivity index (χ4n) is 2.33. The molecule has 0 saturated heterocycles. The Morgan fingerprint density at radius 3 is 2.73 bits per heavy atom. The first-order valence-electron chi connectivity index (χ1n) is 7.44. The Bertz CT molecular complexity index is 726. The van der Waals surface area contributed by atoms with Gasteiger partial charge in [0.2, 0.25) is 0 Å². The van der Waals surface area contributed by atoms with Gasteiger partial charge in [-0.05, 0) is 31.4 Å². The molecule has 0 amide bonds. The molecule has 3 rings (SSSR count). The normalized spacial score (nSPS) is 10.9. The van der Waals surface area contributed by atoms with Gasteiger partial charge < -0.3 is 15.0 Å². The van der Waals surface area contributed by atoms with Gasteiger partial charge >= 0.3 is 0 Å². The summed E-state index contributed by atoms with van der Waals surface area (Å²) < 4.78 is 7.69. The van der Waals surface area contributed by atoms with E-state index in [1.807, 2.05) is 34.9 Å². The minimum Gasteiger partial charge on any atom is -0.494 e. The summed E-state index contributed by atoms with van der Waals surface area (Å²) in [6.07, 6.45) is 6.42. The van der Waals surface area contributed by atoms with Gasteiger partial charge in [-0.1, -0.05) is 18.2 Å². The number of nitrogens with two attached hydrogens (primary N) is 1. The van der Waals surface area contributed by atoms with Crippen molar-refractivity contribution < 1.29 is 4.74 Å². The van der Waals surface area contributed by atoms with Crippen molar-refractivity contribution in [2.75, 3.05) is 12.3 Å². The number of benzene rings is 1. The average molecular weight is 297 g/mol. The third-order valence-corrected chi connectivity index (χ3v) is 3.48. The molecule has 0 radical (unpaired) electrons. The number of imidazole rings is 1. The molecular weight excluding hydrogens is 278 g/mol. The predicted molar refractivity (Wildman–Crippen MR) is 85.5 cm³/mol. The summed E-state index contributed by atoms with van der Waals surface area (Å²) in [4.78, 5) is 12.4. The van der Waals surface area contributed by atoms with E-state index in [2.05, 4.69) is 15.0 Å². The van der Waals surface area contributed by atoms with Crippen LogP contribution in [0.4, 0.5) is 5.82 Å². The van der Waals surface area contributed by atoms with Crippen LogP contribution in [-0.4, -0.2) is 26.1 Å². The molecule has 0 saturated carbocycles. The molecule has 6 heteroatoms. The summed E-state index contributed by atoms with van der Waals surface area (Å²) in [5, 5.41) is 0. The number of aryl methyl sites for hydroxylation is 1. The van der Waals surface area contributed by atoms with Crippen LogP contribution in [-0.2, 0) is 6.54 Å². The first-order chi connectivity index (χ1) is 10.8. The lowest BCUT2D eigenvalue weighted by atomic mass is 10.2. The molecule has 2 N–H and O–H groups in total. The second-order valence-electron chi connectivity index (χ2n) is 5.09. The van der Waals surface area contributed by atoms with Crippen molar-refractivity contribution in [3.8, 4) is 5.75 Å². The van der Waals surface area contributed by atoms with Gasteiger partial charge in [0, 0.05) is 6.54 Å². The Morgan fingerprint density at radius 2 is 1.86 bits per heavy atom. The third kappa shape index (κ3) is 3.33. The number of anilines is 1. The van der Waals surface area contributed by atoms with Crippen LogP contribution in [0.25, 0.3) is 11.2 Å². The predicted octanol–water partition coefficient (Wildman–Crippen LogP) is 2.66. The quantitative estimate of drug-likeness (QED) is 0.678. The zero-order valence-corrected chi connectivity index (χ0v) is 12.4. The van der Waals surface area contributed by atoms with Crippen molar-refractivity contribution in [3.05, 3.63) is 43.0 Å². The Morgan fingerprint density at radius 1 is 1.00 bits per heavy atom. The molecule has 0 unspecified atom stereocenters. The lowest BCUT2D eigenvalue weighted by Gasteiger charge is -2.06. The monoisotopic (exact) mass is 297 g/mol. The number of unbranched alkanes of at least 4 members (excludes halogenated alkanes) is 2. The number of hydrogen-bond acceptors (Lipinski definition) is 5. The summed E-state index contributed by atoms with van der Waals surface area (Å²) in [7, 11) is 0. The van der Waals surface area contributed by atoms with Gasteiger partial charge in [0.05, 0.1) is 12.9 Å². The number of hydrogen-bond donors (Lipinski definition) is 1. The highest BCUT2D eigenvalue weighted by Crippen LogP contribution is 2.15. The van der Waals surface area contributed by atoms with E-state index in [1.165, 1.54) is 6.33 Å². The molecule has 1 aromatic carbocycles. The van der Waals surface area contributed by atoms with Crippen LogP contribution in [0, 0.1) is 0 Å². The van der Waals surface area contributed by atoms with Crippen molar-refractivity contribution >= 4 is 17.0 Å². The van der Waals surface area contributed by atoms with Gasteiger partial charge in [0.15, 0.2) is 11.5 Å². The van der Waals surface area contributed by atoms with Crippen LogP contribution in [0.2, 0.25) is 0 Å². The first kappa shape index (κ1) is 14.3. The highest BCUT2D eigenvalue weighted by atomic mass is 16.5. The largest absolute Gasteiger partial charge is 0.494 e. The zero-order valence-electron chi connectivity index (χ0n) is 12.4. The number of para-hydroxylation sites is 1. The molecule has 0 aliphatic carbocycles. The second kappa shape index (κ2) is 6.89. The lowest BCUT2D eigenvalue weighted by Crippen LogP contribution is -2.01. The van der Waals surface area contributed by atoms with Crippen LogP contribution < -0.4 is 10.5 Å². The second-order valence-corrected chi connectivity index (χ2v) is 5.09. The van der Waals surface area contributed by atoms with Crippen LogP contribution in [0.15, 0.2) is 43.0 Å². The van der Waals surface area contributed by atoms with Crippen molar-refractivity contribution in [1.82, 2.24) is 19.5 Å². The van der Waals surface area contributed by atoms with Gasteiger partial charge in [-0.25, -0.2) is 15.0 Å². The number of nitrogen functional groups attached to an aromatic ring is 1. The Kier molecular flexibility index (Phi) is 4.48. The summed E-state index contributed by atoms with van der Waals surface area (Å²) in [5.74, 6) is 1.36. The molecule has 114 valence electrons. The highest BCUT2D eigenvalue weighted by molar-refractivity contribution is 5.80. The van der Waals surface area contributed by atoms with Gasteiger partial charge in [0.25, 0.3) is 0 Å². The Balaban J connectivity index is 1.42. The van der Waals surface area contributed by atoms with Crippen molar-refractivity contribution in [3.63, 3.8) is 0 Å². The summed E-state index contributed by atoms with van der Waals surface area (Å²) in [5.41, 5.74) is 7.25. The number of nitrogens with zero attached hydrogens (tertiary/aromatic N) is 4. The number of fused-ring (bicyclic) bond motifs is 1. The van der Waals surface area contributed by atoms with E-state index in [0.29, 0.717) is 11.3 Å². The van der Waals surface area contributed by atoms with Gasteiger partial charge in [-0.3, -0.25) is 0 Å². The van der Waals surface area contributed by atoms with E-state index in [0.717, 1.165) is 43.8 Å². The molecule has 22 heavy (non-hydrogen) atoms. The molecule has 0 fully saturated rings. The van der Waals surface area contributed by atoms with Gasteiger partial charge in [0.1, 0.15) is 17.6 Å². The SMILES string of the molecule is Nc1ncnc2c1ncn2CCCCCOc1ccccc1. The van der Waals surface area contributed by atoms with Gasteiger partial charge in [-0.2, -0.15) is 0 Å². The van der Waals surface area contributed by atoms with Crippen LogP contribution in [0.1, 0.15) is 19.3 Å². The number of aromatic nitrogens is 4. The first-order valence-corrected chi connectivity index (χ1v) is 7.44. The summed E-state index contributed by atoms with van der Waals surface area (Å²) >= 11 is 0. The fourth-order valence-corrected chi connectivity index (χ4v) is 2.33. The van der Waals surface area contributed by atoms with E-state index < -0.39 is 0 Å². The van der Waals surface area contributed by atoms with Crippen molar-refractivity contribution in [2.45, 2.75) is 25.8 Å². The summed E-state index contributed by atoms with van der Waals surface area (Å²) in [6, 6.07) is 9.89. The van der Waals surface area contributed by atoms with Crippen molar-refractivity contribution in [2.24, 2.45) is 0 Å². The standard InChI is InChI=1S/C16H19N5O/c17-15-14-16(19-11-18-15)21(12-20-14)9-5-2-6-10-22-13-7-3-1-4-8-13/h1,3-4,7-8,11-12H,2,5-6,9-10H2,(H2,17,18,19). The maximum absolute atomic E-state index is 5.78.